The number of carbonyl (C=O) groups excluding carboxylic acids is 3. The van der Waals surface area contributed by atoms with E-state index in [0.717, 1.165) is 5.56 Å². The van der Waals surface area contributed by atoms with Crippen molar-refractivity contribution in [3.8, 4) is 0 Å². The minimum atomic E-state index is -0.649. The third-order valence-electron chi connectivity index (χ3n) is 3.49. The van der Waals surface area contributed by atoms with Crippen LogP contribution in [0.3, 0.4) is 0 Å². The summed E-state index contributed by atoms with van der Waals surface area (Å²) in [5.74, 6) is -1.62. The fourth-order valence-electron chi connectivity index (χ4n) is 2.20. The van der Waals surface area contributed by atoms with E-state index < -0.39 is 23.8 Å². The molecule has 0 aliphatic carbocycles. The molecule has 20 heavy (non-hydrogen) atoms. The number of rotatable bonds is 2. The summed E-state index contributed by atoms with van der Waals surface area (Å²) in [6, 6.07) is 6.38. The molecule has 6 heteroatoms. The number of nitrogens with two attached hydrogens (primary N) is 1. The van der Waals surface area contributed by atoms with Gasteiger partial charge in [0.05, 0.1) is 5.92 Å². The maximum absolute atomic E-state index is 12.5. The van der Waals surface area contributed by atoms with Gasteiger partial charge in [0.2, 0.25) is 17.7 Å². The number of benzene rings is 1. The Morgan fingerprint density at radius 1 is 1.45 bits per heavy atom. The van der Waals surface area contributed by atoms with Crippen LogP contribution in [0.1, 0.15) is 25.3 Å². The first-order valence-corrected chi connectivity index (χ1v) is 6.39. The fourth-order valence-corrected chi connectivity index (χ4v) is 2.20. The first-order chi connectivity index (χ1) is 9.40. The van der Waals surface area contributed by atoms with Gasteiger partial charge in [0, 0.05) is 5.69 Å². The van der Waals surface area contributed by atoms with Gasteiger partial charge in [-0.15, -0.1) is 0 Å². The van der Waals surface area contributed by atoms with E-state index >= 15 is 0 Å². The number of nitrogens with zero attached hydrogens (tertiary/aromatic N) is 1. The van der Waals surface area contributed by atoms with E-state index in [1.165, 1.54) is 4.90 Å². The van der Waals surface area contributed by atoms with Crippen LogP contribution in [-0.2, 0) is 14.4 Å². The molecular formula is C14H17N3O3. The summed E-state index contributed by atoms with van der Waals surface area (Å²) in [7, 11) is 0. The van der Waals surface area contributed by atoms with E-state index in [9.17, 15) is 14.4 Å². The summed E-state index contributed by atoms with van der Waals surface area (Å²) in [5.41, 5.74) is 7.04. The van der Waals surface area contributed by atoms with Crippen molar-refractivity contribution < 1.29 is 14.4 Å². The predicted octanol–water partition coefficient (Wildman–Crippen LogP) is 0.246. The molecule has 1 fully saturated rings. The average Bonchev–Trinajstić information content (AvgIpc) is 2.41. The van der Waals surface area contributed by atoms with Crippen LogP contribution in [0.15, 0.2) is 24.3 Å². The standard InChI is InChI=1S/C14H17N3O3/c1-8(10-4-3-5-11(15)6-10)14(20)17-7-12(18)16-13(19)9(17)2/h3-6,8-9H,7,15H2,1-2H3,(H,16,18,19). The smallest absolute Gasteiger partial charge is 0.249 e. The summed E-state index contributed by atoms with van der Waals surface area (Å²) in [4.78, 5) is 36.8. The molecule has 0 radical (unpaired) electrons. The highest BCUT2D eigenvalue weighted by atomic mass is 16.2. The van der Waals surface area contributed by atoms with Crippen molar-refractivity contribution in [3.63, 3.8) is 0 Å². The molecule has 3 N–H and O–H groups in total. The van der Waals surface area contributed by atoms with Gasteiger partial charge in [0.15, 0.2) is 0 Å². The fraction of sp³-hybridized carbons (Fsp3) is 0.357. The Bertz CT molecular complexity index is 571. The number of amides is 3. The number of nitrogen functional groups attached to an aromatic ring is 1. The number of anilines is 1. The van der Waals surface area contributed by atoms with E-state index in [-0.39, 0.29) is 12.5 Å². The molecule has 1 aromatic carbocycles. The highest BCUT2D eigenvalue weighted by Gasteiger charge is 2.35. The lowest BCUT2D eigenvalue weighted by Gasteiger charge is -2.33. The van der Waals surface area contributed by atoms with Crippen molar-refractivity contribution in [2.45, 2.75) is 25.8 Å². The van der Waals surface area contributed by atoms with Gasteiger partial charge < -0.3 is 10.6 Å². The van der Waals surface area contributed by atoms with Gasteiger partial charge in [0.25, 0.3) is 0 Å². The molecule has 1 heterocycles. The van der Waals surface area contributed by atoms with Crippen molar-refractivity contribution in [3.05, 3.63) is 29.8 Å². The lowest BCUT2D eigenvalue weighted by molar-refractivity contribution is -0.150. The lowest BCUT2D eigenvalue weighted by atomic mass is 9.98. The normalized spacial score (nSPS) is 20.5. The van der Waals surface area contributed by atoms with Crippen LogP contribution in [0.4, 0.5) is 5.69 Å². The van der Waals surface area contributed by atoms with Crippen LogP contribution in [0, 0.1) is 0 Å². The second-order valence-electron chi connectivity index (χ2n) is 4.95. The molecule has 0 bridgehead atoms. The Balaban J connectivity index is 2.21. The van der Waals surface area contributed by atoms with Crippen molar-refractivity contribution in [2.75, 3.05) is 12.3 Å². The molecule has 0 saturated carbocycles. The molecule has 2 atom stereocenters. The SMILES string of the molecule is CC(C(=O)N1CC(=O)NC(=O)C1C)c1cccc(N)c1. The van der Waals surface area contributed by atoms with Gasteiger partial charge in [-0.25, -0.2) is 0 Å². The predicted molar refractivity (Wildman–Crippen MR) is 73.6 cm³/mol. The average molecular weight is 275 g/mol. The lowest BCUT2D eigenvalue weighted by Crippen LogP contribution is -2.59. The zero-order valence-corrected chi connectivity index (χ0v) is 11.4. The largest absolute Gasteiger partial charge is 0.399 e. The Kier molecular flexibility index (Phi) is 3.74. The van der Waals surface area contributed by atoms with Gasteiger partial charge >= 0.3 is 0 Å². The second kappa shape index (κ2) is 5.32. The molecule has 106 valence electrons. The quantitative estimate of drug-likeness (QED) is 0.597. The molecule has 6 nitrogen and oxygen atoms in total. The van der Waals surface area contributed by atoms with Gasteiger partial charge in [0.1, 0.15) is 12.6 Å². The molecule has 1 aromatic rings. The van der Waals surface area contributed by atoms with E-state index in [1.54, 1.807) is 38.1 Å². The third kappa shape index (κ3) is 2.64. The Morgan fingerprint density at radius 2 is 2.15 bits per heavy atom. The van der Waals surface area contributed by atoms with Crippen LogP contribution < -0.4 is 11.1 Å². The van der Waals surface area contributed by atoms with Crippen molar-refractivity contribution in [2.24, 2.45) is 0 Å². The first-order valence-electron chi connectivity index (χ1n) is 6.39. The number of imide groups is 1. The Morgan fingerprint density at radius 3 is 2.80 bits per heavy atom. The van der Waals surface area contributed by atoms with Crippen molar-refractivity contribution in [1.82, 2.24) is 10.2 Å². The number of hydrogen-bond donors (Lipinski definition) is 2. The minimum absolute atomic E-state index is 0.0988. The summed E-state index contributed by atoms with van der Waals surface area (Å²) in [5, 5.41) is 2.21. The summed E-state index contributed by atoms with van der Waals surface area (Å²) in [6.45, 7) is 3.24. The first kappa shape index (κ1) is 14.0. The maximum atomic E-state index is 12.5. The monoisotopic (exact) mass is 275 g/mol. The van der Waals surface area contributed by atoms with E-state index in [2.05, 4.69) is 5.32 Å². The van der Waals surface area contributed by atoms with E-state index in [4.69, 9.17) is 5.73 Å². The summed E-state index contributed by atoms with van der Waals surface area (Å²) in [6.07, 6.45) is 0. The maximum Gasteiger partial charge on any atom is 0.249 e. The molecule has 2 rings (SSSR count). The van der Waals surface area contributed by atoms with Gasteiger partial charge in [-0.05, 0) is 31.5 Å². The molecule has 1 aliphatic heterocycles. The van der Waals surface area contributed by atoms with E-state index in [1.807, 2.05) is 0 Å². The highest BCUT2D eigenvalue weighted by Crippen LogP contribution is 2.22. The van der Waals surface area contributed by atoms with Crippen LogP contribution in [0.25, 0.3) is 0 Å². The molecule has 2 unspecified atom stereocenters. The molecule has 3 amide bonds. The number of carbonyl (C=O) groups is 3. The number of piperazine rings is 1. The topological polar surface area (TPSA) is 92.5 Å². The number of hydrogen-bond acceptors (Lipinski definition) is 4. The van der Waals surface area contributed by atoms with Crippen LogP contribution in [0.5, 0.6) is 0 Å². The Labute approximate surface area is 116 Å². The van der Waals surface area contributed by atoms with Gasteiger partial charge in [-0.1, -0.05) is 12.1 Å². The van der Waals surface area contributed by atoms with Gasteiger partial charge in [-0.3, -0.25) is 19.7 Å². The molecule has 0 aromatic heterocycles. The molecule has 1 aliphatic rings. The second-order valence-corrected chi connectivity index (χ2v) is 4.95. The summed E-state index contributed by atoms with van der Waals surface area (Å²) >= 11 is 0. The van der Waals surface area contributed by atoms with Crippen LogP contribution in [0.2, 0.25) is 0 Å². The van der Waals surface area contributed by atoms with Crippen LogP contribution >= 0.6 is 0 Å². The molecule has 1 saturated heterocycles. The zero-order chi connectivity index (χ0) is 14.9. The van der Waals surface area contributed by atoms with Crippen molar-refractivity contribution >= 4 is 23.4 Å². The molecule has 0 spiro atoms. The summed E-state index contributed by atoms with van der Waals surface area (Å²) < 4.78 is 0. The minimum Gasteiger partial charge on any atom is -0.399 e. The highest BCUT2D eigenvalue weighted by molar-refractivity contribution is 6.04. The van der Waals surface area contributed by atoms with Crippen molar-refractivity contribution in [1.29, 1.82) is 0 Å². The molecular weight excluding hydrogens is 258 g/mol. The van der Waals surface area contributed by atoms with Gasteiger partial charge in [-0.2, -0.15) is 0 Å². The third-order valence-corrected chi connectivity index (χ3v) is 3.49. The Hall–Kier alpha value is -2.37. The zero-order valence-electron chi connectivity index (χ0n) is 11.4. The number of nitrogens with one attached hydrogen (secondary N) is 1. The van der Waals surface area contributed by atoms with Crippen LogP contribution in [-0.4, -0.2) is 35.2 Å². The van der Waals surface area contributed by atoms with E-state index in [0.29, 0.717) is 5.69 Å².